The highest BCUT2D eigenvalue weighted by Gasteiger charge is 1.91. The monoisotopic (exact) mass is 116 g/mol. The summed E-state index contributed by atoms with van der Waals surface area (Å²) in [6.45, 7) is -2.60. The first-order valence-electron chi connectivity index (χ1n) is 3.56. The minimum absolute atomic E-state index is 0.251. The van der Waals surface area contributed by atoms with Crippen molar-refractivity contribution >= 4 is 0 Å². The third-order valence-electron chi connectivity index (χ3n) is 0.703. The molecule has 0 fully saturated rings. The van der Waals surface area contributed by atoms with Crippen LogP contribution in [0, 0.1) is 0 Å². The van der Waals surface area contributed by atoms with E-state index in [0.29, 0.717) is 0 Å². The Hall–Kier alpha value is -0.900. The van der Waals surface area contributed by atoms with Crippen LogP contribution in [0.5, 0.6) is 0 Å². The van der Waals surface area contributed by atoms with Gasteiger partial charge in [-0.3, -0.25) is 4.68 Å². The summed E-state index contributed by atoms with van der Waals surface area (Å²) in [5.74, 6) is 0. The molecule has 0 unspecified atom stereocenters. The van der Waals surface area contributed by atoms with Gasteiger partial charge in [-0.05, 0) is 0 Å². The molecule has 4 heteroatoms. The van der Waals surface area contributed by atoms with Crippen LogP contribution in [-0.4, -0.2) is 20.1 Å². The van der Waals surface area contributed by atoms with Gasteiger partial charge in [0, 0.05) is 11.1 Å². The maximum Gasteiger partial charge on any atom is 0.108 e. The Morgan fingerprint density at radius 2 is 3.00 bits per heavy atom. The summed E-state index contributed by atoms with van der Waals surface area (Å²) in [7, 11) is 0. The summed E-state index contributed by atoms with van der Waals surface area (Å²) in [6, 6.07) is 0. The van der Waals surface area contributed by atoms with Crippen LogP contribution in [0.4, 0.5) is 0 Å². The van der Waals surface area contributed by atoms with Gasteiger partial charge in [-0.1, -0.05) is 5.21 Å². The van der Waals surface area contributed by atoms with E-state index in [1.165, 1.54) is 6.20 Å². The van der Waals surface area contributed by atoms with E-state index in [1.807, 2.05) is 0 Å². The molecule has 0 aromatic carbocycles. The molecule has 0 spiro atoms. The van der Waals surface area contributed by atoms with Gasteiger partial charge in [0.15, 0.2) is 0 Å². The van der Waals surface area contributed by atoms with Gasteiger partial charge in [0.1, 0.15) is 5.69 Å². The third kappa shape index (κ3) is 0.840. The molecular formula is C4H7N3O. The number of hydrogen-bond donors (Lipinski definition) is 1. The van der Waals surface area contributed by atoms with Crippen molar-refractivity contribution in [2.24, 2.45) is 6.98 Å². The Balaban J connectivity index is 2.89. The van der Waals surface area contributed by atoms with Gasteiger partial charge in [0.05, 0.1) is 12.8 Å². The molecular weight excluding hydrogens is 106 g/mol. The van der Waals surface area contributed by atoms with Crippen molar-refractivity contribution in [1.29, 1.82) is 0 Å². The summed E-state index contributed by atoms with van der Waals surface area (Å²) < 4.78 is 21.4. The smallest absolute Gasteiger partial charge is 0.108 e. The molecule has 0 amide bonds. The zero-order valence-electron chi connectivity index (χ0n) is 7.07. The standard InChI is InChI=1S/C4H7N3O/c1-7-2-4(3-8)5-6-7/h2,8H,3H2,1H3/i1D3. The van der Waals surface area contributed by atoms with Crippen LogP contribution in [0.1, 0.15) is 9.81 Å². The molecule has 1 rings (SSSR count). The molecule has 0 bridgehead atoms. The number of aliphatic hydroxyl groups is 1. The van der Waals surface area contributed by atoms with Crippen molar-refractivity contribution < 1.29 is 9.22 Å². The highest BCUT2D eigenvalue weighted by atomic mass is 16.3. The highest BCUT2D eigenvalue weighted by molar-refractivity contribution is 4.87. The fourth-order valence-electron chi connectivity index (χ4n) is 0.371. The van der Waals surface area contributed by atoms with Crippen molar-refractivity contribution in [1.82, 2.24) is 15.0 Å². The third-order valence-corrected chi connectivity index (χ3v) is 0.703. The molecule has 1 N–H and O–H groups in total. The maximum atomic E-state index is 8.52. The summed E-state index contributed by atoms with van der Waals surface area (Å²) in [5, 5.41) is 15.2. The van der Waals surface area contributed by atoms with E-state index in [0.717, 1.165) is 4.68 Å². The minimum atomic E-state index is -2.31. The second-order valence-electron chi connectivity index (χ2n) is 1.31. The lowest BCUT2D eigenvalue weighted by atomic mass is 10.5. The molecule has 1 heterocycles. The quantitative estimate of drug-likeness (QED) is 0.528. The van der Waals surface area contributed by atoms with Gasteiger partial charge in [-0.15, -0.1) is 5.10 Å². The van der Waals surface area contributed by atoms with Crippen LogP contribution in [0.25, 0.3) is 0 Å². The fourth-order valence-corrected chi connectivity index (χ4v) is 0.371. The molecule has 4 nitrogen and oxygen atoms in total. The lowest BCUT2D eigenvalue weighted by Crippen LogP contribution is -1.85. The Morgan fingerprint density at radius 1 is 2.12 bits per heavy atom. The first kappa shape index (κ1) is 2.59. The van der Waals surface area contributed by atoms with Crippen molar-refractivity contribution in [3.63, 3.8) is 0 Å². The fraction of sp³-hybridized carbons (Fsp3) is 0.500. The van der Waals surface area contributed by atoms with E-state index >= 15 is 0 Å². The Morgan fingerprint density at radius 3 is 3.38 bits per heavy atom. The molecule has 0 saturated heterocycles. The zero-order valence-corrected chi connectivity index (χ0v) is 4.07. The highest BCUT2D eigenvalue weighted by Crippen LogP contribution is 1.87. The van der Waals surface area contributed by atoms with Gasteiger partial charge in [0.2, 0.25) is 0 Å². The second-order valence-corrected chi connectivity index (χ2v) is 1.31. The van der Waals surface area contributed by atoms with Crippen molar-refractivity contribution in [3.05, 3.63) is 11.9 Å². The van der Waals surface area contributed by atoms with Crippen LogP contribution >= 0.6 is 0 Å². The average Bonchev–Trinajstić information content (AvgIpc) is 2.32. The lowest BCUT2D eigenvalue weighted by Gasteiger charge is -1.78. The molecule has 1 aromatic heterocycles. The van der Waals surface area contributed by atoms with E-state index in [-0.39, 0.29) is 12.3 Å². The predicted molar refractivity (Wildman–Crippen MR) is 26.9 cm³/mol. The van der Waals surface area contributed by atoms with Crippen LogP contribution < -0.4 is 0 Å². The maximum absolute atomic E-state index is 8.52. The summed E-state index contributed by atoms with van der Waals surface area (Å²) >= 11 is 0. The number of hydrogen-bond acceptors (Lipinski definition) is 3. The van der Waals surface area contributed by atoms with Gasteiger partial charge >= 0.3 is 0 Å². The van der Waals surface area contributed by atoms with Crippen LogP contribution in [-0.2, 0) is 13.6 Å². The SMILES string of the molecule is [2H]C([2H])([2H])n1cc(CO)nn1. The number of aromatic nitrogens is 3. The predicted octanol–water partition coefficient (Wildman–Crippen LogP) is -0.693. The van der Waals surface area contributed by atoms with Crippen LogP contribution in [0.15, 0.2) is 6.20 Å². The second kappa shape index (κ2) is 1.92. The number of nitrogens with zero attached hydrogens (tertiary/aromatic N) is 3. The number of aryl methyl sites for hydroxylation is 1. The normalized spacial score (nSPS) is 16.9. The molecule has 0 atom stereocenters. The minimum Gasteiger partial charge on any atom is -0.390 e. The van der Waals surface area contributed by atoms with E-state index in [1.54, 1.807) is 0 Å². The molecule has 8 heavy (non-hydrogen) atoms. The molecule has 0 aliphatic heterocycles. The van der Waals surface area contributed by atoms with E-state index < -0.39 is 6.98 Å². The zero-order chi connectivity index (χ0) is 8.48. The van der Waals surface area contributed by atoms with Crippen molar-refractivity contribution in [2.75, 3.05) is 0 Å². The van der Waals surface area contributed by atoms with Crippen molar-refractivity contribution in [2.45, 2.75) is 6.61 Å². The average molecular weight is 116 g/mol. The summed E-state index contributed by atoms with van der Waals surface area (Å²) in [6.07, 6.45) is 1.19. The van der Waals surface area contributed by atoms with Gasteiger partial charge < -0.3 is 5.11 Å². The Kier molecular flexibility index (Phi) is 0.620. The molecule has 0 aliphatic carbocycles. The van der Waals surface area contributed by atoms with Gasteiger partial charge in [0.25, 0.3) is 0 Å². The van der Waals surface area contributed by atoms with Crippen molar-refractivity contribution in [3.8, 4) is 0 Å². The number of aliphatic hydroxyl groups excluding tert-OH is 1. The lowest BCUT2D eigenvalue weighted by molar-refractivity contribution is 0.276. The molecule has 0 saturated carbocycles. The van der Waals surface area contributed by atoms with E-state index in [2.05, 4.69) is 10.3 Å². The summed E-state index contributed by atoms with van der Waals surface area (Å²) in [5.41, 5.74) is 0.251. The van der Waals surface area contributed by atoms with E-state index in [9.17, 15) is 0 Å². The first-order valence-corrected chi connectivity index (χ1v) is 2.06. The topological polar surface area (TPSA) is 50.9 Å². The van der Waals surface area contributed by atoms with E-state index in [4.69, 9.17) is 9.22 Å². The van der Waals surface area contributed by atoms with Gasteiger partial charge in [-0.25, -0.2) is 0 Å². The van der Waals surface area contributed by atoms with Gasteiger partial charge in [-0.2, -0.15) is 0 Å². The number of rotatable bonds is 1. The Bertz CT molecular complexity index is 243. The Labute approximate surface area is 51.0 Å². The molecule has 0 radical (unpaired) electrons. The van der Waals surface area contributed by atoms with Crippen LogP contribution in [0.2, 0.25) is 0 Å². The largest absolute Gasteiger partial charge is 0.390 e. The first-order chi connectivity index (χ1) is 5.04. The van der Waals surface area contributed by atoms with Crippen LogP contribution in [0.3, 0.4) is 0 Å². The summed E-state index contributed by atoms with van der Waals surface area (Å²) in [4.78, 5) is 0. The molecule has 44 valence electrons. The molecule has 0 aliphatic rings. The molecule has 1 aromatic rings.